The Morgan fingerprint density at radius 3 is 2.38 bits per heavy atom. The number of nitrogens with one attached hydrogen (secondary N) is 1. The molecule has 0 atom stereocenters. The van der Waals surface area contributed by atoms with Crippen molar-refractivity contribution in [3.05, 3.63) is 47.9 Å². The molecule has 7 heteroatoms. The van der Waals surface area contributed by atoms with Crippen molar-refractivity contribution in [1.29, 1.82) is 0 Å². The summed E-state index contributed by atoms with van der Waals surface area (Å²) >= 11 is 0. The Hall–Kier alpha value is -1.99. The zero-order valence-corrected chi connectivity index (χ0v) is 14.8. The molecule has 0 amide bonds. The lowest BCUT2D eigenvalue weighted by Crippen LogP contribution is -2.42. The summed E-state index contributed by atoms with van der Waals surface area (Å²) in [6, 6.07) is 9.15. The Morgan fingerprint density at radius 2 is 1.75 bits per heavy atom. The van der Waals surface area contributed by atoms with E-state index in [0.717, 1.165) is 29.9 Å². The molecule has 1 aliphatic heterocycles. The highest BCUT2D eigenvalue weighted by atomic mass is 32.2. The lowest BCUT2D eigenvalue weighted by Gasteiger charge is -2.31. The van der Waals surface area contributed by atoms with Crippen LogP contribution in [0.15, 0.2) is 41.6 Å². The summed E-state index contributed by atoms with van der Waals surface area (Å²) < 4.78 is 27.0. The van der Waals surface area contributed by atoms with Gasteiger partial charge in [0.2, 0.25) is 10.0 Å². The summed E-state index contributed by atoms with van der Waals surface area (Å²) in [5, 5.41) is 3.37. The van der Waals surface area contributed by atoms with E-state index in [4.69, 9.17) is 0 Å². The number of sulfonamides is 1. The van der Waals surface area contributed by atoms with E-state index in [-0.39, 0.29) is 6.04 Å². The van der Waals surface area contributed by atoms with E-state index in [1.165, 1.54) is 6.33 Å². The number of nitrogens with zero attached hydrogens (tertiary/aromatic N) is 3. The van der Waals surface area contributed by atoms with Gasteiger partial charge in [0.1, 0.15) is 12.1 Å². The summed E-state index contributed by atoms with van der Waals surface area (Å²) in [4.78, 5) is 8.65. The Labute approximate surface area is 143 Å². The Kier molecular flexibility index (Phi) is 4.82. The highest BCUT2D eigenvalue weighted by Crippen LogP contribution is 2.22. The topological polar surface area (TPSA) is 75.2 Å². The van der Waals surface area contributed by atoms with Gasteiger partial charge in [-0.25, -0.2) is 18.4 Å². The molecule has 3 rings (SSSR count). The van der Waals surface area contributed by atoms with Crippen molar-refractivity contribution in [3.8, 4) is 0 Å². The van der Waals surface area contributed by atoms with Gasteiger partial charge in [-0.1, -0.05) is 17.7 Å². The second kappa shape index (κ2) is 6.86. The fraction of sp³-hybridized carbons (Fsp3) is 0.412. The van der Waals surface area contributed by atoms with Crippen LogP contribution in [-0.4, -0.2) is 41.8 Å². The van der Waals surface area contributed by atoms with E-state index < -0.39 is 10.0 Å². The van der Waals surface area contributed by atoms with Crippen molar-refractivity contribution in [2.75, 3.05) is 18.4 Å². The van der Waals surface area contributed by atoms with E-state index >= 15 is 0 Å². The van der Waals surface area contributed by atoms with Crippen molar-refractivity contribution in [3.63, 3.8) is 0 Å². The molecule has 0 aliphatic carbocycles. The van der Waals surface area contributed by atoms with E-state index in [1.807, 2.05) is 32.0 Å². The highest BCUT2D eigenvalue weighted by Gasteiger charge is 2.29. The maximum absolute atomic E-state index is 12.7. The Morgan fingerprint density at radius 1 is 1.08 bits per heavy atom. The minimum Gasteiger partial charge on any atom is -0.367 e. The van der Waals surface area contributed by atoms with Crippen molar-refractivity contribution in [2.45, 2.75) is 37.6 Å². The number of anilines is 1. The van der Waals surface area contributed by atoms with Gasteiger partial charge in [-0.2, -0.15) is 4.31 Å². The van der Waals surface area contributed by atoms with Crippen LogP contribution >= 0.6 is 0 Å². The molecule has 1 fully saturated rings. The van der Waals surface area contributed by atoms with Crippen LogP contribution in [0.1, 0.15) is 24.1 Å². The van der Waals surface area contributed by atoms with Crippen LogP contribution < -0.4 is 5.32 Å². The molecule has 1 aromatic heterocycles. The van der Waals surface area contributed by atoms with Crippen LogP contribution in [0.4, 0.5) is 5.82 Å². The number of hydrogen-bond acceptors (Lipinski definition) is 5. The number of rotatable bonds is 4. The lowest BCUT2D eigenvalue weighted by atomic mass is 10.1. The van der Waals surface area contributed by atoms with Gasteiger partial charge >= 0.3 is 0 Å². The van der Waals surface area contributed by atoms with Gasteiger partial charge < -0.3 is 5.32 Å². The molecule has 1 aromatic carbocycles. The van der Waals surface area contributed by atoms with Crippen LogP contribution in [0.2, 0.25) is 0 Å². The third-order valence-electron chi connectivity index (χ3n) is 4.27. The molecule has 0 radical (unpaired) electrons. The van der Waals surface area contributed by atoms with E-state index in [0.29, 0.717) is 18.0 Å². The molecule has 0 saturated carbocycles. The maximum Gasteiger partial charge on any atom is 0.243 e. The monoisotopic (exact) mass is 346 g/mol. The zero-order chi connectivity index (χ0) is 17.2. The van der Waals surface area contributed by atoms with E-state index in [1.54, 1.807) is 16.4 Å². The lowest BCUT2D eigenvalue weighted by molar-refractivity contribution is 0.329. The van der Waals surface area contributed by atoms with Crippen LogP contribution in [0.5, 0.6) is 0 Å². The predicted molar refractivity (Wildman–Crippen MR) is 93.4 cm³/mol. The maximum atomic E-state index is 12.7. The van der Waals surface area contributed by atoms with Gasteiger partial charge in [-0.05, 0) is 38.8 Å². The summed E-state index contributed by atoms with van der Waals surface area (Å²) in [6.07, 6.45) is 3.05. The fourth-order valence-electron chi connectivity index (χ4n) is 2.84. The van der Waals surface area contributed by atoms with Crippen molar-refractivity contribution in [1.82, 2.24) is 14.3 Å². The average Bonchev–Trinajstić information content (AvgIpc) is 2.56. The predicted octanol–water partition coefficient (Wildman–Crippen LogP) is 2.36. The second-order valence-electron chi connectivity index (χ2n) is 6.18. The molecular formula is C17H22N4O2S. The molecule has 128 valence electrons. The molecule has 2 heterocycles. The fourth-order valence-corrected chi connectivity index (χ4v) is 4.31. The average molecular weight is 346 g/mol. The van der Waals surface area contributed by atoms with Crippen molar-refractivity contribution >= 4 is 15.8 Å². The largest absolute Gasteiger partial charge is 0.367 e. The molecule has 1 N–H and O–H groups in total. The summed E-state index contributed by atoms with van der Waals surface area (Å²) in [5.74, 6) is 0.794. The van der Waals surface area contributed by atoms with E-state index in [2.05, 4.69) is 15.3 Å². The quantitative estimate of drug-likeness (QED) is 0.920. The summed E-state index contributed by atoms with van der Waals surface area (Å²) in [5.41, 5.74) is 1.96. The van der Waals surface area contributed by atoms with Crippen LogP contribution in [0.25, 0.3) is 0 Å². The van der Waals surface area contributed by atoms with Crippen molar-refractivity contribution in [2.24, 2.45) is 0 Å². The minimum atomic E-state index is -3.40. The second-order valence-corrected chi connectivity index (χ2v) is 8.12. The molecular weight excluding hydrogens is 324 g/mol. The van der Waals surface area contributed by atoms with Crippen LogP contribution in [0, 0.1) is 13.8 Å². The molecule has 0 spiro atoms. The summed E-state index contributed by atoms with van der Waals surface area (Å²) in [6.45, 7) is 4.89. The first kappa shape index (κ1) is 16.9. The molecule has 0 bridgehead atoms. The van der Waals surface area contributed by atoms with Gasteiger partial charge in [0.05, 0.1) is 4.90 Å². The Balaban J connectivity index is 1.63. The molecule has 24 heavy (non-hydrogen) atoms. The van der Waals surface area contributed by atoms with Gasteiger partial charge in [0.25, 0.3) is 0 Å². The van der Waals surface area contributed by atoms with Gasteiger partial charge in [0.15, 0.2) is 0 Å². The van der Waals surface area contributed by atoms with Crippen LogP contribution in [0.3, 0.4) is 0 Å². The third-order valence-corrected chi connectivity index (χ3v) is 6.18. The standard InChI is InChI=1S/C17H22N4O2S/c1-13-3-5-16(6-4-13)24(22,23)21-9-7-15(8-10-21)20-17-11-14(2)18-12-19-17/h3-6,11-12,15H,7-10H2,1-2H3,(H,18,19,20). The Bertz CT molecular complexity index is 798. The number of piperidine rings is 1. The smallest absolute Gasteiger partial charge is 0.243 e. The number of benzene rings is 1. The van der Waals surface area contributed by atoms with Gasteiger partial charge in [-0.15, -0.1) is 0 Å². The third kappa shape index (κ3) is 3.73. The molecule has 2 aromatic rings. The summed E-state index contributed by atoms with van der Waals surface area (Å²) in [7, 11) is -3.40. The molecule has 1 saturated heterocycles. The number of hydrogen-bond donors (Lipinski definition) is 1. The highest BCUT2D eigenvalue weighted by molar-refractivity contribution is 7.89. The number of aromatic nitrogens is 2. The zero-order valence-electron chi connectivity index (χ0n) is 13.9. The first-order chi connectivity index (χ1) is 11.4. The van der Waals surface area contributed by atoms with Gasteiger partial charge in [-0.3, -0.25) is 0 Å². The SMILES string of the molecule is Cc1ccc(S(=O)(=O)N2CCC(Nc3cc(C)ncn3)CC2)cc1. The normalized spacial score (nSPS) is 16.9. The number of aryl methyl sites for hydroxylation is 2. The minimum absolute atomic E-state index is 0.226. The van der Waals surface area contributed by atoms with Gasteiger partial charge in [0, 0.05) is 30.9 Å². The van der Waals surface area contributed by atoms with Crippen LogP contribution in [-0.2, 0) is 10.0 Å². The molecule has 6 nitrogen and oxygen atoms in total. The van der Waals surface area contributed by atoms with Crippen molar-refractivity contribution < 1.29 is 8.42 Å². The first-order valence-corrected chi connectivity index (χ1v) is 9.51. The molecule has 1 aliphatic rings. The first-order valence-electron chi connectivity index (χ1n) is 8.07. The molecule has 0 unspecified atom stereocenters. The van der Waals surface area contributed by atoms with E-state index in [9.17, 15) is 8.42 Å².